The van der Waals surface area contributed by atoms with Crippen LogP contribution in [0.4, 0.5) is 5.69 Å². The van der Waals surface area contributed by atoms with Crippen molar-refractivity contribution in [3.05, 3.63) is 53.1 Å². The monoisotopic (exact) mass is 368 g/mol. The summed E-state index contributed by atoms with van der Waals surface area (Å²) in [6.45, 7) is 4.16. The van der Waals surface area contributed by atoms with Crippen LogP contribution in [0.5, 0.6) is 0 Å². The normalized spacial score (nSPS) is 14.7. The summed E-state index contributed by atoms with van der Waals surface area (Å²) in [4.78, 5) is 23.4. The van der Waals surface area contributed by atoms with Crippen molar-refractivity contribution >= 4 is 17.6 Å². The molecule has 3 aromatic rings. The molecule has 1 amide bonds. The van der Waals surface area contributed by atoms with Gasteiger partial charge in [0.05, 0.1) is 24.2 Å². The molecule has 1 aliphatic rings. The van der Waals surface area contributed by atoms with E-state index in [1.807, 2.05) is 13.8 Å². The highest BCUT2D eigenvalue weighted by Gasteiger charge is 2.36. The summed E-state index contributed by atoms with van der Waals surface area (Å²) >= 11 is 0. The molecular formula is C17H16N6O4. The van der Waals surface area contributed by atoms with Gasteiger partial charge in [-0.3, -0.25) is 9.89 Å². The first-order valence-corrected chi connectivity index (χ1v) is 8.14. The lowest BCUT2D eigenvalue weighted by Crippen LogP contribution is -2.15. The SMILES string of the molecule is CC1(C)OCc2c(C(=O)Nc3ccc(-n4cc(C(=O)O)nn4)cc3)n[nH]c21. The Balaban J connectivity index is 1.50. The summed E-state index contributed by atoms with van der Waals surface area (Å²) in [6.07, 6.45) is 1.31. The maximum atomic E-state index is 12.5. The number of hydrogen-bond donors (Lipinski definition) is 3. The number of carbonyl (C=O) groups is 2. The third kappa shape index (κ3) is 2.95. The number of nitrogens with zero attached hydrogens (tertiary/aromatic N) is 4. The third-order valence-corrected chi connectivity index (χ3v) is 4.36. The highest BCUT2D eigenvalue weighted by molar-refractivity contribution is 6.04. The maximum absolute atomic E-state index is 12.5. The summed E-state index contributed by atoms with van der Waals surface area (Å²) in [5.41, 5.74) is 2.42. The number of aromatic amines is 1. The first-order valence-electron chi connectivity index (χ1n) is 8.14. The summed E-state index contributed by atoms with van der Waals surface area (Å²) in [6, 6.07) is 6.75. The lowest BCUT2D eigenvalue weighted by molar-refractivity contribution is -0.0114. The van der Waals surface area contributed by atoms with Gasteiger partial charge >= 0.3 is 5.97 Å². The van der Waals surface area contributed by atoms with E-state index in [1.165, 1.54) is 10.9 Å². The Morgan fingerprint density at radius 1 is 1.30 bits per heavy atom. The van der Waals surface area contributed by atoms with Crippen molar-refractivity contribution in [3.63, 3.8) is 0 Å². The van der Waals surface area contributed by atoms with Gasteiger partial charge in [-0.1, -0.05) is 5.21 Å². The number of carbonyl (C=O) groups excluding carboxylic acids is 1. The van der Waals surface area contributed by atoms with Crippen LogP contribution in [0.3, 0.4) is 0 Å². The maximum Gasteiger partial charge on any atom is 0.358 e. The van der Waals surface area contributed by atoms with Crippen molar-refractivity contribution in [2.24, 2.45) is 0 Å². The van der Waals surface area contributed by atoms with Crippen molar-refractivity contribution in [1.82, 2.24) is 25.2 Å². The van der Waals surface area contributed by atoms with Crippen LogP contribution in [0.1, 0.15) is 46.1 Å². The van der Waals surface area contributed by atoms with Gasteiger partial charge in [0.25, 0.3) is 5.91 Å². The molecule has 3 heterocycles. The number of amides is 1. The van der Waals surface area contributed by atoms with Gasteiger partial charge in [0, 0.05) is 11.3 Å². The first kappa shape index (κ1) is 16.9. The van der Waals surface area contributed by atoms with E-state index < -0.39 is 11.6 Å². The molecular weight excluding hydrogens is 352 g/mol. The van der Waals surface area contributed by atoms with Crippen molar-refractivity contribution in [1.29, 1.82) is 0 Å². The van der Waals surface area contributed by atoms with Crippen LogP contribution >= 0.6 is 0 Å². The molecule has 4 rings (SSSR count). The molecule has 1 aromatic carbocycles. The molecule has 0 aliphatic carbocycles. The summed E-state index contributed by atoms with van der Waals surface area (Å²) in [5, 5.41) is 26.0. The van der Waals surface area contributed by atoms with Gasteiger partial charge in [-0.2, -0.15) is 5.10 Å². The number of carboxylic acids is 1. The van der Waals surface area contributed by atoms with Gasteiger partial charge in [0.1, 0.15) is 5.60 Å². The van der Waals surface area contributed by atoms with E-state index in [-0.39, 0.29) is 11.6 Å². The van der Waals surface area contributed by atoms with Gasteiger partial charge in [0.2, 0.25) is 0 Å². The highest BCUT2D eigenvalue weighted by Crippen LogP contribution is 2.35. The zero-order valence-corrected chi connectivity index (χ0v) is 14.6. The molecule has 0 saturated carbocycles. The minimum atomic E-state index is -1.15. The number of aromatic nitrogens is 5. The Morgan fingerprint density at radius 2 is 2.04 bits per heavy atom. The zero-order valence-electron chi connectivity index (χ0n) is 14.6. The predicted molar refractivity (Wildman–Crippen MR) is 92.7 cm³/mol. The van der Waals surface area contributed by atoms with Crippen molar-refractivity contribution in [2.45, 2.75) is 26.1 Å². The Hall–Kier alpha value is -3.53. The second-order valence-corrected chi connectivity index (χ2v) is 6.58. The number of fused-ring (bicyclic) bond motifs is 1. The van der Waals surface area contributed by atoms with Crippen LogP contribution < -0.4 is 5.32 Å². The summed E-state index contributed by atoms with van der Waals surface area (Å²) < 4.78 is 7.01. The lowest BCUT2D eigenvalue weighted by atomic mass is 10.0. The number of ether oxygens (including phenoxy) is 1. The van der Waals surface area contributed by atoms with Crippen LogP contribution in [0.25, 0.3) is 5.69 Å². The highest BCUT2D eigenvalue weighted by atomic mass is 16.5. The second-order valence-electron chi connectivity index (χ2n) is 6.58. The van der Waals surface area contributed by atoms with Crippen molar-refractivity contribution < 1.29 is 19.4 Å². The van der Waals surface area contributed by atoms with E-state index in [1.54, 1.807) is 24.3 Å². The number of benzene rings is 1. The van der Waals surface area contributed by atoms with E-state index in [0.29, 0.717) is 23.7 Å². The van der Waals surface area contributed by atoms with Gasteiger partial charge in [-0.25, -0.2) is 9.48 Å². The molecule has 0 spiro atoms. The molecule has 27 heavy (non-hydrogen) atoms. The average Bonchev–Trinajstić information content (AvgIpc) is 3.33. The van der Waals surface area contributed by atoms with Crippen molar-refractivity contribution in [3.8, 4) is 5.69 Å². The zero-order chi connectivity index (χ0) is 19.2. The minimum absolute atomic E-state index is 0.148. The molecule has 10 heteroatoms. The molecule has 0 saturated heterocycles. The van der Waals surface area contributed by atoms with Gasteiger partial charge in [-0.15, -0.1) is 5.10 Å². The number of nitrogens with one attached hydrogen (secondary N) is 2. The number of rotatable bonds is 4. The third-order valence-electron chi connectivity index (χ3n) is 4.36. The summed E-state index contributed by atoms with van der Waals surface area (Å²) in [5.74, 6) is -1.49. The molecule has 10 nitrogen and oxygen atoms in total. The van der Waals surface area contributed by atoms with Crippen molar-refractivity contribution in [2.75, 3.05) is 5.32 Å². The molecule has 0 radical (unpaired) electrons. The van der Waals surface area contributed by atoms with Crippen LogP contribution in [-0.2, 0) is 16.9 Å². The van der Waals surface area contributed by atoms with Gasteiger partial charge in [0.15, 0.2) is 11.4 Å². The summed E-state index contributed by atoms with van der Waals surface area (Å²) in [7, 11) is 0. The number of anilines is 1. The Bertz CT molecular complexity index is 1030. The van der Waals surface area contributed by atoms with Crippen LogP contribution in [0, 0.1) is 0 Å². The minimum Gasteiger partial charge on any atom is -0.476 e. The predicted octanol–water partition coefficient (Wildman–Crippen LogP) is 1.71. The fourth-order valence-electron chi connectivity index (χ4n) is 2.89. The van der Waals surface area contributed by atoms with Crippen LogP contribution in [0.2, 0.25) is 0 Å². The number of aromatic carboxylic acids is 1. The van der Waals surface area contributed by atoms with E-state index in [2.05, 4.69) is 25.8 Å². The largest absolute Gasteiger partial charge is 0.476 e. The number of H-pyrrole nitrogens is 1. The molecule has 1 aliphatic heterocycles. The Labute approximate surface area is 153 Å². The Kier molecular flexibility index (Phi) is 3.77. The topological polar surface area (TPSA) is 135 Å². The van der Waals surface area contributed by atoms with E-state index >= 15 is 0 Å². The molecule has 3 N–H and O–H groups in total. The average molecular weight is 368 g/mol. The molecule has 0 atom stereocenters. The quantitative estimate of drug-likeness (QED) is 0.638. The van der Waals surface area contributed by atoms with E-state index in [0.717, 1.165) is 11.3 Å². The standard InChI is InChI=1S/C17H16N6O4/c1-17(2)14-11(8-27-17)13(20-21-14)15(24)18-9-3-5-10(6-4-9)23-7-12(16(25)26)19-22-23/h3-7H,8H2,1-2H3,(H,18,24)(H,20,21)(H,25,26). The lowest BCUT2D eigenvalue weighted by Gasteiger charge is -2.15. The fraction of sp³-hybridized carbons (Fsp3) is 0.235. The fourth-order valence-corrected chi connectivity index (χ4v) is 2.89. The molecule has 0 unspecified atom stereocenters. The number of carboxylic acid groups (broad SMARTS) is 1. The number of hydrogen-bond acceptors (Lipinski definition) is 6. The molecule has 0 bridgehead atoms. The van der Waals surface area contributed by atoms with Gasteiger partial charge in [-0.05, 0) is 38.1 Å². The van der Waals surface area contributed by atoms with Gasteiger partial charge < -0.3 is 15.2 Å². The smallest absolute Gasteiger partial charge is 0.358 e. The van der Waals surface area contributed by atoms with E-state index in [9.17, 15) is 9.59 Å². The first-order chi connectivity index (χ1) is 12.8. The molecule has 0 fully saturated rings. The molecule has 138 valence electrons. The van der Waals surface area contributed by atoms with E-state index in [4.69, 9.17) is 9.84 Å². The van der Waals surface area contributed by atoms with Crippen LogP contribution in [0.15, 0.2) is 30.5 Å². The molecule has 2 aromatic heterocycles. The Morgan fingerprint density at radius 3 is 2.70 bits per heavy atom. The second kappa shape index (κ2) is 6.02. The van der Waals surface area contributed by atoms with Crippen LogP contribution in [-0.4, -0.2) is 42.2 Å².